The third kappa shape index (κ3) is 6.85. The summed E-state index contributed by atoms with van der Waals surface area (Å²) in [4.78, 5) is 30.0. The molecule has 0 unspecified atom stereocenters. The van der Waals surface area contributed by atoms with Crippen molar-refractivity contribution in [2.45, 2.75) is 26.3 Å². The SMILES string of the molecule is CCOC(=O)C1CCN(C(=NC)NCC(=O)NCc2ccco2)CC1.I. The van der Waals surface area contributed by atoms with Crippen molar-refractivity contribution in [1.82, 2.24) is 15.5 Å². The van der Waals surface area contributed by atoms with Crippen LogP contribution in [0.5, 0.6) is 0 Å². The average molecular weight is 478 g/mol. The van der Waals surface area contributed by atoms with Crippen LogP contribution in [-0.2, 0) is 20.9 Å². The van der Waals surface area contributed by atoms with E-state index in [1.54, 1.807) is 25.4 Å². The molecule has 9 heteroatoms. The molecule has 0 saturated carbocycles. The average Bonchev–Trinajstić information content (AvgIpc) is 3.15. The van der Waals surface area contributed by atoms with E-state index in [0.717, 1.165) is 12.8 Å². The minimum atomic E-state index is -0.140. The minimum Gasteiger partial charge on any atom is -0.467 e. The number of guanidine groups is 1. The lowest BCUT2D eigenvalue weighted by Crippen LogP contribution is -2.49. The number of likely N-dealkylation sites (tertiary alicyclic amines) is 1. The lowest BCUT2D eigenvalue weighted by Gasteiger charge is -2.33. The van der Waals surface area contributed by atoms with Gasteiger partial charge in [-0.2, -0.15) is 0 Å². The second-order valence-electron chi connectivity index (χ2n) is 5.77. The third-order valence-electron chi connectivity index (χ3n) is 4.07. The highest BCUT2D eigenvalue weighted by atomic mass is 127. The molecule has 0 aromatic carbocycles. The lowest BCUT2D eigenvalue weighted by atomic mass is 9.97. The number of piperidine rings is 1. The van der Waals surface area contributed by atoms with Gasteiger partial charge in [-0.05, 0) is 31.9 Å². The number of nitrogens with zero attached hydrogens (tertiary/aromatic N) is 2. The van der Waals surface area contributed by atoms with E-state index < -0.39 is 0 Å². The number of amides is 1. The zero-order valence-corrected chi connectivity index (χ0v) is 17.5. The van der Waals surface area contributed by atoms with Crippen LogP contribution in [0.15, 0.2) is 27.8 Å². The molecule has 146 valence electrons. The minimum absolute atomic E-state index is 0. The second kappa shape index (κ2) is 11.8. The molecule has 26 heavy (non-hydrogen) atoms. The van der Waals surface area contributed by atoms with E-state index >= 15 is 0 Å². The Morgan fingerprint density at radius 2 is 2.08 bits per heavy atom. The number of aliphatic imine (C=N–C) groups is 1. The molecular weight excluding hydrogens is 451 g/mol. The van der Waals surface area contributed by atoms with Gasteiger partial charge < -0.3 is 24.7 Å². The van der Waals surface area contributed by atoms with Gasteiger partial charge in [-0.25, -0.2) is 0 Å². The van der Waals surface area contributed by atoms with Crippen LogP contribution in [0.3, 0.4) is 0 Å². The molecule has 2 rings (SSSR count). The van der Waals surface area contributed by atoms with Crippen LogP contribution in [0.2, 0.25) is 0 Å². The quantitative estimate of drug-likeness (QED) is 0.278. The Morgan fingerprint density at radius 3 is 2.65 bits per heavy atom. The Morgan fingerprint density at radius 1 is 1.35 bits per heavy atom. The van der Waals surface area contributed by atoms with Crippen LogP contribution in [0, 0.1) is 5.92 Å². The molecule has 1 fully saturated rings. The number of ether oxygens (including phenoxy) is 1. The van der Waals surface area contributed by atoms with Crippen molar-refractivity contribution in [3.05, 3.63) is 24.2 Å². The van der Waals surface area contributed by atoms with Crippen molar-refractivity contribution in [3.8, 4) is 0 Å². The van der Waals surface area contributed by atoms with Crippen molar-refractivity contribution < 1.29 is 18.7 Å². The monoisotopic (exact) mass is 478 g/mol. The van der Waals surface area contributed by atoms with Crippen molar-refractivity contribution in [2.75, 3.05) is 33.3 Å². The molecule has 2 N–H and O–H groups in total. The van der Waals surface area contributed by atoms with Crippen molar-refractivity contribution >= 4 is 41.8 Å². The normalized spacial score (nSPS) is 15.2. The van der Waals surface area contributed by atoms with Crippen LogP contribution in [0.4, 0.5) is 0 Å². The predicted molar refractivity (Wildman–Crippen MR) is 108 cm³/mol. The molecule has 1 aliphatic rings. The van der Waals surface area contributed by atoms with E-state index in [2.05, 4.69) is 20.5 Å². The number of furan rings is 1. The highest BCUT2D eigenvalue weighted by Gasteiger charge is 2.27. The van der Waals surface area contributed by atoms with Gasteiger partial charge in [-0.1, -0.05) is 0 Å². The zero-order chi connectivity index (χ0) is 18.1. The summed E-state index contributed by atoms with van der Waals surface area (Å²) in [7, 11) is 1.68. The van der Waals surface area contributed by atoms with Gasteiger partial charge in [-0.3, -0.25) is 14.6 Å². The summed E-state index contributed by atoms with van der Waals surface area (Å²) in [6.45, 7) is 4.13. The summed E-state index contributed by atoms with van der Waals surface area (Å²) < 4.78 is 10.2. The van der Waals surface area contributed by atoms with E-state index in [9.17, 15) is 9.59 Å². The number of rotatable bonds is 6. The first-order chi connectivity index (χ1) is 12.1. The Bertz CT molecular complexity index is 584. The van der Waals surface area contributed by atoms with Gasteiger partial charge >= 0.3 is 5.97 Å². The van der Waals surface area contributed by atoms with Crippen molar-refractivity contribution in [2.24, 2.45) is 10.9 Å². The molecule has 0 radical (unpaired) electrons. The zero-order valence-electron chi connectivity index (χ0n) is 15.2. The molecule has 0 spiro atoms. The van der Waals surface area contributed by atoms with Gasteiger partial charge in [0, 0.05) is 20.1 Å². The molecule has 0 bridgehead atoms. The fourth-order valence-electron chi connectivity index (χ4n) is 2.74. The molecule has 1 aliphatic heterocycles. The molecule has 2 heterocycles. The Balaban J connectivity index is 0.00000338. The van der Waals surface area contributed by atoms with Gasteiger partial charge in [0.05, 0.1) is 31.9 Å². The van der Waals surface area contributed by atoms with E-state index in [4.69, 9.17) is 9.15 Å². The number of hydrogen-bond donors (Lipinski definition) is 2. The van der Waals surface area contributed by atoms with Crippen LogP contribution in [0.25, 0.3) is 0 Å². The van der Waals surface area contributed by atoms with Crippen LogP contribution in [0.1, 0.15) is 25.5 Å². The number of hydrogen-bond acceptors (Lipinski definition) is 5. The Hall–Kier alpha value is -1.78. The van der Waals surface area contributed by atoms with E-state index in [1.807, 2.05) is 6.92 Å². The summed E-state index contributed by atoms with van der Waals surface area (Å²) in [6.07, 6.45) is 3.02. The Labute approximate surface area is 170 Å². The summed E-state index contributed by atoms with van der Waals surface area (Å²) in [6, 6.07) is 3.59. The maximum absolute atomic E-state index is 11.9. The molecule has 0 aliphatic carbocycles. The van der Waals surface area contributed by atoms with Gasteiger partial charge in [0.25, 0.3) is 0 Å². The number of carbonyl (C=O) groups excluding carboxylic acids is 2. The van der Waals surface area contributed by atoms with Crippen molar-refractivity contribution in [1.29, 1.82) is 0 Å². The van der Waals surface area contributed by atoms with Crippen LogP contribution < -0.4 is 10.6 Å². The molecule has 1 amide bonds. The molecule has 1 saturated heterocycles. The fourth-order valence-corrected chi connectivity index (χ4v) is 2.74. The van der Waals surface area contributed by atoms with Gasteiger partial charge in [0.15, 0.2) is 5.96 Å². The topological polar surface area (TPSA) is 96.2 Å². The second-order valence-corrected chi connectivity index (χ2v) is 5.77. The molecule has 1 aromatic heterocycles. The third-order valence-corrected chi connectivity index (χ3v) is 4.07. The standard InChI is InChI=1S/C17H26N4O4.HI/c1-3-24-16(23)13-6-8-21(9-7-13)17(18-2)20-12-15(22)19-11-14-5-4-10-25-14;/h4-5,10,13H,3,6-9,11-12H2,1-2H3,(H,18,20)(H,19,22);1H. The molecule has 1 aromatic rings. The smallest absolute Gasteiger partial charge is 0.309 e. The maximum Gasteiger partial charge on any atom is 0.309 e. The van der Waals surface area contributed by atoms with E-state index in [-0.39, 0.29) is 48.3 Å². The molecule has 0 atom stereocenters. The number of carbonyl (C=O) groups is 2. The summed E-state index contributed by atoms with van der Waals surface area (Å²) >= 11 is 0. The van der Waals surface area contributed by atoms with Gasteiger partial charge in [0.2, 0.25) is 5.91 Å². The fraction of sp³-hybridized carbons (Fsp3) is 0.588. The van der Waals surface area contributed by atoms with E-state index in [1.165, 1.54) is 0 Å². The van der Waals surface area contributed by atoms with E-state index in [0.29, 0.717) is 38.0 Å². The van der Waals surface area contributed by atoms with Gasteiger partial charge in [0.1, 0.15) is 5.76 Å². The first-order valence-corrected chi connectivity index (χ1v) is 8.55. The summed E-state index contributed by atoms with van der Waals surface area (Å²) in [5, 5.41) is 5.83. The number of halogens is 1. The van der Waals surface area contributed by atoms with Gasteiger partial charge in [-0.15, -0.1) is 24.0 Å². The summed E-state index contributed by atoms with van der Waals surface area (Å²) in [5.74, 6) is 1.06. The summed E-state index contributed by atoms with van der Waals surface area (Å²) in [5.41, 5.74) is 0. The largest absolute Gasteiger partial charge is 0.467 e. The van der Waals surface area contributed by atoms with Crippen LogP contribution >= 0.6 is 24.0 Å². The van der Waals surface area contributed by atoms with Crippen molar-refractivity contribution in [3.63, 3.8) is 0 Å². The lowest BCUT2D eigenvalue weighted by molar-refractivity contribution is -0.149. The first-order valence-electron chi connectivity index (χ1n) is 8.55. The number of esters is 1. The molecular formula is C17H27IN4O4. The Kier molecular flexibility index (Phi) is 10.1. The maximum atomic E-state index is 11.9. The number of nitrogens with one attached hydrogen (secondary N) is 2. The highest BCUT2D eigenvalue weighted by Crippen LogP contribution is 2.18. The molecule has 8 nitrogen and oxygen atoms in total. The predicted octanol–water partition coefficient (Wildman–Crippen LogP) is 1.36. The highest BCUT2D eigenvalue weighted by molar-refractivity contribution is 14.0. The van der Waals surface area contributed by atoms with Crippen LogP contribution in [-0.4, -0.2) is 56.0 Å². The first kappa shape index (κ1) is 22.3.